The summed E-state index contributed by atoms with van der Waals surface area (Å²) in [5.74, 6) is -0.293. The summed E-state index contributed by atoms with van der Waals surface area (Å²) in [6, 6.07) is 0. The molecular formula is C22H36O4. The van der Waals surface area contributed by atoms with Crippen LogP contribution in [0.15, 0.2) is 23.8 Å². The summed E-state index contributed by atoms with van der Waals surface area (Å²) in [5.41, 5.74) is 0.991. The van der Waals surface area contributed by atoms with Crippen molar-refractivity contribution >= 4 is 5.97 Å². The number of allylic oxidation sites excluding steroid dienone is 1. The van der Waals surface area contributed by atoms with Gasteiger partial charge in [0.2, 0.25) is 0 Å². The lowest BCUT2D eigenvalue weighted by Gasteiger charge is -2.58. The van der Waals surface area contributed by atoms with Gasteiger partial charge in [-0.25, -0.2) is 0 Å². The summed E-state index contributed by atoms with van der Waals surface area (Å²) in [4.78, 5) is 11.7. The van der Waals surface area contributed by atoms with Crippen molar-refractivity contribution in [2.24, 2.45) is 16.7 Å². The number of aliphatic hydroxyl groups excluding tert-OH is 1. The lowest BCUT2D eigenvalue weighted by atomic mass is 9.48. The van der Waals surface area contributed by atoms with Gasteiger partial charge in [0.1, 0.15) is 12.2 Å². The van der Waals surface area contributed by atoms with Crippen molar-refractivity contribution in [1.29, 1.82) is 0 Å². The van der Waals surface area contributed by atoms with Crippen LogP contribution in [0.25, 0.3) is 0 Å². The SMILES string of the molecule is C=C[C@](C)(O)CCC1=C(C)[C@@H](O)[C@@H](OC(C)=O)[C@H]2C(C)(C)CCC[C@]12C. The Morgan fingerprint density at radius 2 is 2.00 bits per heavy atom. The van der Waals surface area contributed by atoms with Crippen LogP contribution in [-0.4, -0.2) is 34.0 Å². The second kappa shape index (κ2) is 7.12. The highest BCUT2D eigenvalue weighted by Crippen LogP contribution is 2.61. The molecule has 0 aromatic heterocycles. The molecule has 0 amide bonds. The number of hydrogen-bond acceptors (Lipinski definition) is 4. The molecule has 0 unspecified atom stereocenters. The van der Waals surface area contributed by atoms with Crippen LogP contribution in [0.1, 0.15) is 73.6 Å². The van der Waals surface area contributed by atoms with E-state index in [4.69, 9.17) is 4.74 Å². The van der Waals surface area contributed by atoms with E-state index in [0.29, 0.717) is 12.8 Å². The molecule has 0 heterocycles. The molecule has 1 fully saturated rings. The lowest BCUT2D eigenvalue weighted by Crippen LogP contribution is -2.58. The van der Waals surface area contributed by atoms with E-state index in [9.17, 15) is 15.0 Å². The molecule has 0 bridgehead atoms. The minimum Gasteiger partial charge on any atom is -0.459 e. The second-order valence-electron chi connectivity index (χ2n) is 9.48. The fraction of sp³-hybridized carbons (Fsp3) is 0.773. The van der Waals surface area contributed by atoms with Gasteiger partial charge in [0, 0.05) is 12.8 Å². The molecule has 0 saturated heterocycles. The summed E-state index contributed by atoms with van der Waals surface area (Å²) < 4.78 is 5.67. The normalized spacial score (nSPS) is 36.1. The number of fused-ring (bicyclic) bond motifs is 1. The third-order valence-electron chi connectivity index (χ3n) is 6.92. The summed E-state index contributed by atoms with van der Waals surface area (Å²) in [7, 11) is 0. The monoisotopic (exact) mass is 364 g/mol. The first-order chi connectivity index (χ1) is 11.9. The van der Waals surface area contributed by atoms with Crippen molar-refractivity contribution < 1.29 is 19.7 Å². The Morgan fingerprint density at radius 3 is 2.54 bits per heavy atom. The Labute approximate surface area is 158 Å². The molecule has 2 N–H and O–H groups in total. The van der Waals surface area contributed by atoms with Crippen LogP contribution in [0.4, 0.5) is 0 Å². The van der Waals surface area contributed by atoms with Crippen molar-refractivity contribution in [2.45, 2.75) is 91.5 Å². The van der Waals surface area contributed by atoms with Crippen molar-refractivity contribution in [2.75, 3.05) is 0 Å². The van der Waals surface area contributed by atoms with E-state index in [0.717, 1.165) is 24.8 Å². The zero-order valence-electron chi connectivity index (χ0n) is 17.3. The maximum atomic E-state index is 11.7. The first-order valence-corrected chi connectivity index (χ1v) is 9.77. The average Bonchev–Trinajstić information content (AvgIpc) is 2.50. The molecule has 4 nitrogen and oxygen atoms in total. The van der Waals surface area contributed by atoms with Crippen LogP contribution in [0.5, 0.6) is 0 Å². The molecule has 0 spiro atoms. The van der Waals surface area contributed by atoms with Gasteiger partial charge in [-0.2, -0.15) is 0 Å². The second-order valence-corrected chi connectivity index (χ2v) is 9.48. The molecule has 2 aliphatic rings. The van der Waals surface area contributed by atoms with Gasteiger partial charge in [-0.1, -0.05) is 38.8 Å². The average molecular weight is 365 g/mol. The van der Waals surface area contributed by atoms with E-state index >= 15 is 0 Å². The fourth-order valence-corrected chi connectivity index (χ4v) is 5.58. The maximum Gasteiger partial charge on any atom is 0.303 e. The zero-order valence-corrected chi connectivity index (χ0v) is 17.3. The lowest BCUT2D eigenvalue weighted by molar-refractivity contribution is -0.173. The zero-order chi connectivity index (χ0) is 19.9. The Balaban J connectivity index is 2.51. The molecule has 26 heavy (non-hydrogen) atoms. The van der Waals surface area contributed by atoms with Crippen molar-refractivity contribution in [1.82, 2.24) is 0 Å². The van der Waals surface area contributed by atoms with Crippen LogP contribution in [0.3, 0.4) is 0 Å². The third kappa shape index (κ3) is 3.77. The highest BCUT2D eigenvalue weighted by Gasteiger charge is 2.57. The molecule has 0 aromatic rings. The van der Waals surface area contributed by atoms with Crippen LogP contribution >= 0.6 is 0 Å². The topological polar surface area (TPSA) is 66.8 Å². The number of carbonyl (C=O) groups excluding carboxylic acids is 1. The van der Waals surface area contributed by atoms with E-state index in [-0.39, 0.29) is 22.7 Å². The maximum absolute atomic E-state index is 11.7. The van der Waals surface area contributed by atoms with E-state index in [1.807, 2.05) is 6.92 Å². The van der Waals surface area contributed by atoms with E-state index in [1.165, 1.54) is 12.5 Å². The molecule has 5 atom stereocenters. The Bertz CT molecular complexity index is 601. The molecule has 2 rings (SSSR count). The summed E-state index contributed by atoms with van der Waals surface area (Å²) in [5, 5.41) is 21.4. The summed E-state index contributed by atoms with van der Waals surface area (Å²) >= 11 is 0. The number of aliphatic hydroxyl groups is 2. The van der Waals surface area contributed by atoms with Crippen LogP contribution in [-0.2, 0) is 9.53 Å². The van der Waals surface area contributed by atoms with Gasteiger partial charge in [0.15, 0.2) is 0 Å². The van der Waals surface area contributed by atoms with E-state index < -0.39 is 17.8 Å². The molecular weight excluding hydrogens is 328 g/mol. The van der Waals surface area contributed by atoms with Crippen LogP contribution in [0.2, 0.25) is 0 Å². The molecule has 1 saturated carbocycles. The van der Waals surface area contributed by atoms with Gasteiger partial charge >= 0.3 is 5.97 Å². The quantitative estimate of drug-likeness (QED) is 0.568. The Kier molecular flexibility index (Phi) is 5.80. The van der Waals surface area contributed by atoms with Crippen LogP contribution in [0, 0.1) is 16.7 Å². The minimum atomic E-state index is -0.930. The number of esters is 1. The highest BCUT2D eigenvalue weighted by atomic mass is 16.6. The van der Waals surface area contributed by atoms with Gasteiger partial charge in [-0.3, -0.25) is 4.79 Å². The molecule has 2 aliphatic carbocycles. The van der Waals surface area contributed by atoms with Crippen molar-refractivity contribution in [3.8, 4) is 0 Å². The largest absolute Gasteiger partial charge is 0.459 e. The standard InChI is InChI=1S/C22H36O4/c1-8-21(6,25)13-10-16-14(2)17(24)18(26-15(3)23)19-20(4,5)11-9-12-22(16,19)7/h8,17-19,24-25H,1,9-13H2,2-7H3/t17-,18-,19+,21+,22-/m1/s1. The number of ether oxygens (including phenoxy) is 1. The third-order valence-corrected chi connectivity index (χ3v) is 6.92. The predicted octanol–water partition coefficient (Wildman–Crippen LogP) is 4.16. The smallest absolute Gasteiger partial charge is 0.303 e. The fourth-order valence-electron chi connectivity index (χ4n) is 5.58. The van der Waals surface area contributed by atoms with Gasteiger partial charge in [-0.15, -0.1) is 6.58 Å². The van der Waals surface area contributed by atoms with Gasteiger partial charge < -0.3 is 14.9 Å². The summed E-state index contributed by atoms with van der Waals surface area (Å²) in [6.45, 7) is 15.5. The van der Waals surface area contributed by atoms with Gasteiger partial charge in [0.05, 0.1) is 5.60 Å². The number of carbonyl (C=O) groups is 1. The van der Waals surface area contributed by atoms with E-state index in [1.54, 1.807) is 13.0 Å². The Hall–Kier alpha value is -1.13. The predicted molar refractivity (Wildman–Crippen MR) is 104 cm³/mol. The molecule has 4 heteroatoms. The van der Waals surface area contributed by atoms with Gasteiger partial charge in [0.25, 0.3) is 0 Å². The molecule has 0 aromatic carbocycles. The molecule has 148 valence electrons. The first-order valence-electron chi connectivity index (χ1n) is 9.77. The van der Waals surface area contributed by atoms with Crippen LogP contribution < -0.4 is 0 Å². The van der Waals surface area contributed by atoms with Crippen molar-refractivity contribution in [3.63, 3.8) is 0 Å². The van der Waals surface area contributed by atoms with Gasteiger partial charge in [-0.05, 0) is 55.9 Å². The van der Waals surface area contributed by atoms with E-state index in [2.05, 4.69) is 27.4 Å². The minimum absolute atomic E-state index is 0.0407. The van der Waals surface area contributed by atoms with Crippen molar-refractivity contribution in [3.05, 3.63) is 23.8 Å². The number of rotatable bonds is 5. The highest BCUT2D eigenvalue weighted by molar-refractivity contribution is 5.66. The number of hydrogen-bond donors (Lipinski definition) is 2. The first kappa shape index (κ1) is 21.2. The summed E-state index contributed by atoms with van der Waals surface area (Å²) in [6.07, 6.45) is 4.71. The Morgan fingerprint density at radius 1 is 1.38 bits per heavy atom. The molecule has 0 radical (unpaired) electrons. The molecule has 0 aliphatic heterocycles.